The van der Waals surface area contributed by atoms with E-state index in [1.165, 1.54) is 6.07 Å². The van der Waals surface area contributed by atoms with E-state index in [-0.39, 0.29) is 16.1 Å². The average molecular weight is 339 g/mol. The molecule has 0 unspecified atom stereocenters. The number of halogens is 1. The van der Waals surface area contributed by atoms with E-state index in [0.717, 1.165) is 11.1 Å². The van der Waals surface area contributed by atoms with Crippen LogP contribution in [-0.2, 0) is 15.5 Å². The molecule has 0 atom stereocenters. The molecule has 22 heavy (non-hydrogen) atoms. The molecule has 0 fully saturated rings. The van der Waals surface area contributed by atoms with Gasteiger partial charge in [-0.15, -0.1) is 0 Å². The fourth-order valence-electron chi connectivity index (χ4n) is 1.97. The second kappa shape index (κ2) is 5.94. The lowest BCUT2D eigenvalue weighted by Gasteiger charge is -2.19. The summed E-state index contributed by atoms with van der Waals surface area (Å²) >= 11 is 5.92. The summed E-state index contributed by atoms with van der Waals surface area (Å²) in [6, 6.07) is 11.5. The lowest BCUT2D eigenvalue weighted by Crippen LogP contribution is -2.13. The van der Waals surface area contributed by atoms with Gasteiger partial charge in [0.05, 0.1) is 0 Å². The third-order valence-corrected chi connectivity index (χ3v) is 5.03. The van der Waals surface area contributed by atoms with Gasteiger partial charge in [0.1, 0.15) is 10.6 Å². The van der Waals surface area contributed by atoms with Crippen molar-refractivity contribution in [1.29, 1.82) is 0 Å². The molecule has 2 rings (SSSR count). The van der Waals surface area contributed by atoms with Crippen molar-refractivity contribution < 1.29 is 12.6 Å². The standard InChI is InChI=1S/C17H19ClO3S/c1-12-11-14(7-10-16(12)18)21-22(19,20)15-8-5-13(6-9-15)17(2,3)4/h5-11H,1-4H3. The van der Waals surface area contributed by atoms with E-state index in [4.69, 9.17) is 15.8 Å². The minimum atomic E-state index is -3.85. The highest BCUT2D eigenvalue weighted by Crippen LogP contribution is 2.26. The van der Waals surface area contributed by atoms with E-state index in [1.807, 2.05) is 12.1 Å². The van der Waals surface area contributed by atoms with Gasteiger partial charge < -0.3 is 4.18 Å². The third-order valence-electron chi connectivity index (χ3n) is 3.34. The van der Waals surface area contributed by atoms with Crippen LogP contribution in [-0.4, -0.2) is 8.42 Å². The predicted molar refractivity (Wildman–Crippen MR) is 89.1 cm³/mol. The fourth-order valence-corrected chi connectivity index (χ4v) is 3.01. The van der Waals surface area contributed by atoms with Gasteiger partial charge in [-0.3, -0.25) is 0 Å². The highest BCUT2D eigenvalue weighted by Gasteiger charge is 2.19. The number of hydrogen-bond acceptors (Lipinski definition) is 3. The highest BCUT2D eigenvalue weighted by atomic mass is 35.5. The number of aryl methyl sites for hydroxylation is 1. The highest BCUT2D eigenvalue weighted by molar-refractivity contribution is 7.87. The van der Waals surface area contributed by atoms with E-state index < -0.39 is 10.1 Å². The van der Waals surface area contributed by atoms with Gasteiger partial charge in [-0.1, -0.05) is 44.5 Å². The Hall–Kier alpha value is -1.52. The maximum atomic E-state index is 12.3. The molecule has 0 aliphatic heterocycles. The Balaban J connectivity index is 2.28. The summed E-state index contributed by atoms with van der Waals surface area (Å²) in [5.74, 6) is 0.252. The van der Waals surface area contributed by atoms with Crippen molar-refractivity contribution in [3.8, 4) is 5.75 Å². The molecule has 3 nitrogen and oxygen atoms in total. The largest absolute Gasteiger partial charge is 0.379 e. The molecule has 2 aromatic rings. The molecule has 0 saturated carbocycles. The average Bonchev–Trinajstić information content (AvgIpc) is 2.42. The zero-order chi connectivity index (χ0) is 16.5. The van der Waals surface area contributed by atoms with Gasteiger partial charge in [0, 0.05) is 5.02 Å². The molecule has 0 aliphatic carbocycles. The normalized spacial score (nSPS) is 12.2. The van der Waals surface area contributed by atoms with Crippen molar-refractivity contribution in [2.45, 2.75) is 38.0 Å². The summed E-state index contributed by atoms with van der Waals surface area (Å²) < 4.78 is 29.8. The van der Waals surface area contributed by atoms with Crippen molar-refractivity contribution in [3.05, 3.63) is 58.6 Å². The van der Waals surface area contributed by atoms with E-state index in [9.17, 15) is 8.42 Å². The van der Waals surface area contributed by atoms with Gasteiger partial charge in [0.2, 0.25) is 0 Å². The monoisotopic (exact) mass is 338 g/mol. The molecule has 0 radical (unpaired) electrons. The van der Waals surface area contributed by atoms with Crippen molar-refractivity contribution in [3.63, 3.8) is 0 Å². The third kappa shape index (κ3) is 3.81. The lowest BCUT2D eigenvalue weighted by atomic mass is 9.87. The fraction of sp³-hybridized carbons (Fsp3) is 0.294. The van der Waals surface area contributed by atoms with Crippen molar-refractivity contribution >= 4 is 21.7 Å². The van der Waals surface area contributed by atoms with Gasteiger partial charge in [-0.2, -0.15) is 8.42 Å². The second-order valence-corrected chi connectivity index (χ2v) is 8.18. The van der Waals surface area contributed by atoms with E-state index in [1.54, 1.807) is 31.2 Å². The summed E-state index contributed by atoms with van der Waals surface area (Å²) in [6.45, 7) is 8.01. The van der Waals surface area contributed by atoms with Crippen molar-refractivity contribution in [2.24, 2.45) is 0 Å². The van der Waals surface area contributed by atoms with Crippen molar-refractivity contribution in [2.75, 3.05) is 0 Å². The Morgan fingerprint density at radius 3 is 2.09 bits per heavy atom. The van der Waals surface area contributed by atoms with Crippen LogP contribution in [0.3, 0.4) is 0 Å². The molecule has 0 bridgehead atoms. The van der Waals surface area contributed by atoms with Crippen LogP contribution in [0.5, 0.6) is 5.75 Å². The van der Waals surface area contributed by atoms with Crippen molar-refractivity contribution in [1.82, 2.24) is 0 Å². The van der Waals surface area contributed by atoms with Gasteiger partial charge in [-0.25, -0.2) is 0 Å². The van der Waals surface area contributed by atoms with E-state index >= 15 is 0 Å². The molecule has 5 heteroatoms. The first-order valence-electron chi connectivity index (χ1n) is 6.91. The topological polar surface area (TPSA) is 43.4 Å². The number of benzene rings is 2. The maximum absolute atomic E-state index is 12.3. The zero-order valence-corrected chi connectivity index (χ0v) is 14.6. The SMILES string of the molecule is Cc1cc(OS(=O)(=O)c2ccc(C(C)(C)C)cc2)ccc1Cl. The van der Waals surface area contributed by atoms with Crippen LogP contribution in [0.2, 0.25) is 5.02 Å². The van der Waals surface area contributed by atoms with Crippen LogP contribution in [0.25, 0.3) is 0 Å². The predicted octanol–water partition coefficient (Wildman–Crippen LogP) is 4.71. The van der Waals surface area contributed by atoms with Gasteiger partial charge in [0.15, 0.2) is 0 Å². The molecule has 2 aromatic carbocycles. The summed E-state index contributed by atoms with van der Waals surface area (Å²) in [5.41, 5.74) is 1.79. The summed E-state index contributed by atoms with van der Waals surface area (Å²) in [6.07, 6.45) is 0. The minimum Gasteiger partial charge on any atom is -0.379 e. The molecule has 0 heterocycles. The van der Waals surface area contributed by atoms with E-state index in [2.05, 4.69) is 20.8 Å². The van der Waals surface area contributed by atoms with Gasteiger partial charge >= 0.3 is 10.1 Å². The first-order chi connectivity index (χ1) is 10.1. The van der Waals surface area contributed by atoms with Crippen LogP contribution < -0.4 is 4.18 Å². The van der Waals surface area contributed by atoms with Crippen LogP contribution in [0.15, 0.2) is 47.4 Å². The maximum Gasteiger partial charge on any atom is 0.339 e. The first kappa shape index (κ1) is 16.8. The van der Waals surface area contributed by atoms with Gasteiger partial charge in [-0.05, 0) is 53.8 Å². The Labute approximate surface area is 137 Å². The van der Waals surface area contributed by atoms with Crippen LogP contribution in [0.1, 0.15) is 31.9 Å². The quantitative estimate of drug-likeness (QED) is 0.761. The Kier molecular flexibility index (Phi) is 4.54. The molecule has 0 aliphatic rings. The second-order valence-electron chi connectivity index (χ2n) is 6.22. The van der Waals surface area contributed by atoms with Crippen LogP contribution >= 0.6 is 11.6 Å². The molecule has 118 valence electrons. The number of rotatable bonds is 3. The van der Waals surface area contributed by atoms with E-state index in [0.29, 0.717) is 5.02 Å². The van der Waals surface area contributed by atoms with Gasteiger partial charge in [0.25, 0.3) is 0 Å². The molecular formula is C17H19ClO3S. The summed E-state index contributed by atoms with van der Waals surface area (Å²) in [4.78, 5) is 0.133. The lowest BCUT2D eigenvalue weighted by molar-refractivity contribution is 0.485. The Bertz CT molecular complexity index is 773. The first-order valence-corrected chi connectivity index (χ1v) is 8.69. The Morgan fingerprint density at radius 1 is 1.00 bits per heavy atom. The molecule has 0 N–H and O–H groups in total. The molecule has 0 saturated heterocycles. The Morgan fingerprint density at radius 2 is 1.59 bits per heavy atom. The summed E-state index contributed by atoms with van der Waals surface area (Å²) in [7, 11) is -3.85. The summed E-state index contributed by atoms with van der Waals surface area (Å²) in [5, 5.41) is 0.569. The molecule has 0 aromatic heterocycles. The van der Waals surface area contributed by atoms with Crippen LogP contribution in [0.4, 0.5) is 0 Å². The minimum absolute atomic E-state index is 0.0313. The molecule has 0 amide bonds. The molecule has 0 spiro atoms. The smallest absolute Gasteiger partial charge is 0.339 e. The molecular weight excluding hydrogens is 320 g/mol. The van der Waals surface area contributed by atoms with Crippen LogP contribution in [0, 0.1) is 6.92 Å². The zero-order valence-electron chi connectivity index (χ0n) is 13.1. The number of hydrogen-bond donors (Lipinski definition) is 0.